The first-order valence-electron chi connectivity index (χ1n) is 8.48. The summed E-state index contributed by atoms with van der Waals surface area (Å²) in [6, 6.07) is 13.3. The van der Waals surface area contributed by atoms with Gasteiger partial charge in [0.05, 0.1) is 25.5 Å². The van der Waals surface area contributed by atoms with E-state index in [9.17, 15) is 4.79 Å². The molecule has 0 aromatic heterocycles. The van der Waals surface area contributed by atoms with Gasteiger partial charge in [0.2, 0.25) is 0 Å². The molecule has 0 radical (unpaired) electrons. The normalized spacial score (nSPS) is 14.4. The van der Waals surface area contributed by atoms with Crippen molar-refractivity contribution >= 4 is 11.7 Å². The van der Waals surface area contributed by atoms with Crippen LogP contribution in [0.25, 0.3) is 0 Å². The first-order chi connectivity index (χ1) is 12.6. The standard InChI is InChI=1S/C20H24N2O4/c1-24-17-10-6-9-16(18(17)25-2)22-19(23)21-13-20(26-3)11-14-7-4-5-8-15(14)12-20/h4-10H,11-13H2,1-3H3,(H2,21,22,23). The number of hydrogen-bond donors (Lipinski definition) is 2. The number of nitrogens with one attached hydrogen (secondary N) is 2. The van der Waals surface area contributed by atoms with Crippen molar-refractivity contribution < 1.29 is 19.0 Å². The summed E-state index contributed by atoms with van der Waals surface area (Å²) in [7, 11) is 4.79. The molecule has 0 unspecified atom stereocenters. The monoisotopic (exact) mass is 356 g/mol. The number of carbonyl (C=O) groups is 1. The fourth-order valence-electron chi connectivity index (χ4n) is 3.39. The highest BCUT2D eigenvalue weighted by Gasteiger charge is 2.37. The molecule has 138 valence electrons. The van der Waals surface area contributed by atoms with Crippen LogP contribution in [0.5, 0.6) is 11.5 Å². The van der Waals surface area contributed by atoms with E-state index in [1.807, 2.05) is 12.1 Å². The van der Waals surface area contributed by atoms with Gasteiger partial charge in [-0.1, -0.05) is 30.3 Å². The topological polar surface area (TPSA) is 68.8 Å². The molecular weight excluding hydrogens is 332 g/mol. The third-order valence-electron chi connectivity index (χ3n) is 4.80. The zero-order valence-electron chi connectivity index (χ0n) is 15.3. The van der Waals surface area contributed by atoms with E-state index in [-0.39, 0.29) is 6.03 Å². The third-order valence-corrected chi connectivity index (χ3v) is 4.80. The van der Waals surface area contributed by atoms with Crippen LogP contribution in [-0.4, -0.2) is 39.5 Å². The number of ether oxygens (including phenoxy) is 3. The summed E-state index contributed by atoms with van der Waals surface area (Å²) in [5.74, 6) is 1.05. The third kappa shape index (κ3) is 3.60. The van der Waals surface area contributed by atoms with Crippen LogP contribution in [0.2, 0.25) is 0 Å². The molecule has 2 aromatic rings. The lowest BCUT2D eigenvalue weighted by Crippen LogP contribution is -2.46. The van der Waals surface area contributed by atoms with Crippen molar-refractivity contribution in [1.82, 2.24) is 5.32 Å². The fraction of sp³-hybridized carbons (Fsp3) is 0.350. The Morgan fingerprint density at radius 3 is 2.27 bits per heavy atom. The molecule has 0 spiro atoms. The molecule has 6 nitrogen and oxygen atoms in total. The molecule has 0 heterocycles. The average Bonchev–Trinajstić information content (AvgIpc) is 3.05. The Morgan fingerprint density at radius 2 is 1.69 bits per heavy atom. The van der Waals surface area contributed by atoms with Crippen molar-refractivity contribution in [3.8, 4) is 11.5 Å². The number of hydrogen-bond acceptors (Lipinski definition) is 4. The highest BCUT2D eigenvalue weighted by Crippen LogP contribution is 2.35. The number of amides is 2. The lowest BCUT2D eigenvalue weighted by molar-refractivity contribution is 0.00208. The van der Waals surface area contributed by atoms with Crippen LogP contribution in [0.1, 0.15) is 11.1 Å². The van der Waals surface area contributed by atoms with E-state index in [0.717, 1.165) is 12.8 Å². The molecule has 0 saturated carbocycles. The van der Waals surface area contributed by atoms with Crippen LogP contribution in [-0.2, 0) is 17.6 Å². The maximum atomic E-state index is 12.4. The SMILES string of the molecule is COc1cccc(NC(=O)NCC2(OC)Cc3ccccc3C2)c1OC. The lowest BCUT2D eigenvalue weighted by Gasteiger charge is -2.28. The van der Waals surface area contributed by atoms with Crippen molar-refractivity contribution in [2.45, 2.75) is 18.4 Å². The van der Waals surface area contributed by atoms with Crippen LogP contribution >= 0.6 is 0 Å². The number of carbonyl (C=O) groups excluding carboxylic acids is 1. The Balaban J connectivity index is 1.64. The van der Waals surface area contributed by atoms with Crippen molar-refractivity contribution in [1.29, 1.82) is 0 Å². The second-order valence-corrected chi connectivity index (χ2v) is 6.36. The van der Waals surface area contributed by atoms with Gasteiger partial charge in [-0.2, -0.15) is 0 Å². The lowest BCUT2D eigenvalue weighted by atomic mass is 10.0. The van der Waals surface area contributed by atoms with Gasteiger partial charge in [0, 0.05) is 26.5 Å². The molecule has 2 aromatic carbocycles. The van der Waals surface area contributed by atoms with Crippen molar-refractivity contribution in [2.75, 3.05) is 33.2 Å². The summed E-state index contributed by atoms with van der Waals surface area (Å²) in [6.07, 6.45) is 1.56. The zero-order chi connectivity index (χ0) is 18.6. The van der Waals surface area contributed by atoms with Gasteiger partial charge in [-0.15, -0.1) is 0 Å². The second kappa shape index (κ2) is 7.66. The number of benzene rings is 2. The maximum Gasteiger partial charge on any atom is 0.319 e. The molecule has 2 amide bonds. The summed E-state index contributed by atoms with van der Waals surface area (Å²) in [5, 5.41) is 5.73. The molecule has 3 rings (SSSR count). The van der Waals surface area contributed by atoms with Gasteiger partial charge < -0.3 is 24.8 Å². The first-order valence-corrected chi connectivity index (χ1v) is 8.48. The summed E-state index contributed by atoms with van der Waals surface area (Å²) in [5.41, 5.74) is 2.67. The smallest absolute Gasteiger partial charge is 0.319 e. The molecule has 0 bridgehead atoms. The zero-order valence-corrected chi connectivity index (χ0v) is 15.3. The summed E-state index contributed by atoms with van der Waals surface area (Å²) in [4.78, 5) is 12.4. The first kappa shape index (κ1) is 18.1. The number of anilines is 1. The Bertz CT molecular complexity index is 766. The van der Waals surface area contributed by atoms with Gasteiger partial charge in [-0.25, -0.2) is 4.79 Å². The van der Waals surface area contributed by atoms with Crippen molar-refractivity contribution in [2.24, 2.45) is 0 Å². The molecule has 0 saturated heterocycles. The molecule has 0 atom stereocenters. The van der Waals surface area contributed by atoms with Gasteiger partial charge in [0.15, 0.2) is 11.5 Å². The molecule has 0 fully saturated rings. The summed E-state index contributed by atoms with van der Waals surface area (Å²) in [6.45, 7) is 0.413. The molecule has 1 aliphatic carbocycles. The fourth-order valence-corrected chi connectivity index (χ4v) is 3.39. The molecular formula is C20H24N2O4. The van der Waals surface area contributed by atoms with Gasteiger partial charge in [-0.05, 0) is 23.3 Å². The van der Waals surface area contributed by atoms with Crippen LogP contribution in [0.4, 0.5) is 10.5 Å². The van der Waals surface area contributed by atoms with E-state index in [2.05, 4.69) is 22.8 Å². The van der Waals surface area contributed by atoms with E-state index in [4.69, 9.17) is 14.2 Å². The maximum absolute atomic E-state index is 12.4. The van der Waals surface area contributed by atoms with E-state index >= 15 is 0 Å². The highest BCUT2D eigenvalue weighted by molar-refractivity contribution is 5.91. The minimum Gasteiger partial charge on any atom is -0.493 e. The van der Waals surface area contributed by atoms with Crippen molar-refractivity contribution in [3.05, 3.63) is 53.6 Å². The molecule has 6 heteroatoms. The average molecular weight is 356 g/mol. The number of rotatable bonds is 6. The van der Waals surface area contributed by atoms with Gasteiger partial charge in [0.25, 0.3) is 0 Å². The largest absolute Gasteiger partial charge is 0.493 e. The minimum absolute atomic E-state index is 0.316. The van der Waals surface area contributed by atoms with Crippen LogP contribution < -0.4 is 20.1 Å². The van der Waals surface area contributed by atoms with Gasteiger partial charge >= 0.3 is 6.03 Å². The number of urea groups is 1. The number of fused-ring (bicyclic) bond motifs is 1. The predicted molar refractivity (Wildman–Crippen MR) is 100 cm³/mol. The van der Waals surface area contributed by atoms with E-state index in [1.165, 1.54) is 18.2 Å². The van der Waals surface area contributed by atoms with Gasteiger partial charge in [-0.3, -0.25) is 0 Å². The molecule has 0 aliphatic heterocycles. The molecule has 1 aliphatic rings. The predicted octanol–water partition coefficient (Wildman–Crippen LogP) is 3.01. The Hall–Kier alpha value is -2.73. The van der Waals surface area contributed by atoms with E-state index < -0.39 is 5.60 Å². The Labute approximate surface area is 153 Å². The Morgan fingerprint density at radius 1 is 1.00 bits per heavy atom. The van der Waals surface area contributed by atoms with Crippen LogP contribution in [0.3, 0.4) is 0 Å². The van der Waals surface area contributed by atoms with E-state index in [1.54, 1.807) is 32.4 Å². The second-order valence-electron chi connectivity index (χ2n) is 6.36. The van der Waals surface area contributed by atoms with Gasteiger partial charge in [0.1, 0.15) is 0 Å². The highest BCUT2D eigenvalue weighted by atomic mass is 16.5. The van der Waals surface area contributed by atoms with Crippen LogP contribution in [0.15, 0.2) is 42.5 Å². The van der Waals surface area contributed by atoms with Crippen molar-refractivity contribution in [3.63, 3.8) is 0 Å². The van der Waals surface area contributed by atoms with Crippen LogP contribution in [0, 0.1) is 0 Å². The molecule has 26 heavy (non-hydrogen) atoms. The summed E-state index contributed by atoms with van der Waals surface area (Å²) < 4.78 is 16.4. The minimum atomic E-state index is -0.417. The number of para-hydroxylation sites is 1. The number of methoxy groups -OCH3 is 3. The summed E-state index contributed by atoms with van der Waals surface area (Å²) >= 11 is 0. The van der Waals surface area contributed by atoms with E-state index in [0.29, 0.717) is 23.7 Å². The quantitative estimate of drug-likeness (QED) is 0.835. The Kier molecular flexibility index (Phi) is 5.32. The molecule has 2 N–H and O–H groups in total.